The van der Waals surface area contributed by atoms with Gasteiger partial charge in [0.25, 0.3) is 0 Å². The van der Waals surface area contributed by atoms with E-state index in [2.05, 4.69) is 0 Å². The van der Waals surface area contributed by atoms with Crippen molar-refractivity contribution in [2.75, 3.05) is 19.0 Å². The van der Waals surface area contributed by atoms with E-state index in [0.29, 0.717) is 12.1 Å². The van der Waals surface area contributed by atoms with Crippen LogP contribution in [0.1, 0.15) is 5.56 Å². The molecular weight excluding hydrogens is 417 g/mol. The van der Waals surface area contributed by atoms with E-state index < -0.39 is 51.7 Å². The summed E-state index contributed by atoms with van der Waals surface area (Å²) in [5, 5.41) is 0. The van der Waals surface area contributed by atoms with E-state index in [4.69, 9.17) is 9.47 Å². The van der Waals surface area contributed by atoms with E-state index in [9.17, 15) is 34.9 Å². The van der Waals surface area contributed by atoms with Gasteiger partial charge in [0.15, 0.2) is 29.0 Å². The minimum absolute atomic E-state index is 0.0564. The van der Waals surface area contributed by atoms with E-state index in [1.165, 1.54) is 6.92 Å². The predicted octanol–water partition coefficient (Wildman–Crippen LogP) is 4.68. The number of alkyl halides is 3. The van der Waals surface area contributed by atoms with E-state index in [0.717, 1.165) is 12.1 Å². The topological polar surface area (TPSA) is 35.5 Å². The van der Waals surface area contributed by atoms with Gasteiger partial charge in [-0.15, -0.1) is 0 Å². The Morgan fingerprint density at radius 1 is 0.893 bits per heavy atom. The molecule has 0 fully saturated rings. The lowest BCUT2D eigenvalue weighted by Crippen LogP contribution is -2.19. The first-order valence-corrected chi connectivity index (χ1v) is 8.95. The summed E-state index contributed by atoms with van der Waals surface area (Å²) in [6.45, 7) is 0.613. The predicted molar refractivity (Wildman–Crippen MR) is 85.8 cm³/mol. The molecule has 0 amide bonds. The van der Waals surface area contributed by atoms with Crippen molar-refractivity contribution < 1.29 is 44.4 Å². The van der Waals surface area contributed by atoms with Crippen molar-refractivity contribution in [2.45, 2.75) is 18.0 Å². The van der Waals surface area contributed by atoms with Gasteiger partial charge in [-0.25, -0.2) is 17.6 Å². The van der Waals surface area contributed by atoms with Crippen LogP contribution in [0.15, 0.2) is 29.2 Å². The van der Waals surface area contributed by atoms with Crippen LogP contribution in [0.25, 0.3) is 0 Å². The first-order chi connectivity index (χ1) is 13.0. The maximum absolute atomic E-state index is 13.9. The summed E-state index contributed by atoms with van der Waals surface area (Å²) in [5.41, 5.74) is 0.0564. The van der Waals surface area contributed by atoms with Crippen LogP contribution in [0.5, 0.6) is 11.5 Å². The summed E-state index contributed by atoms with van der Waals surface area (Å²) in [5.74, 6) is -7.88. The maximum atomic E-state index is 13.9. The maximum Gasteiger partial charge on any atom is 0.400 e. The molecule has 0 bridgehead atoms. The molecule has 3 nitrogen and oxygen atoms in total. The van der Waals surface area contributed by atoms with E-state index in [-0.39, 0.29) is 29.4 Å². The number of benzene rings is 2. The smallest absolute Gasteiger partial charge is 0.400 e. The number of aryl methyl sites for hydroxylation is 1. The third kappa shape index (κ3) is 5.85. The molecular formula is C17H13F7O3S. The fraction of sp³-hybridized carbons (Fsp3) is 0.294. The van der Waals surface area contributed by atoms with Gasteiger partial charge < -0.3 is 9.47 Å². The molecule has 0 saturated heterocycles. The van der Waals surface area contributed by atoms with Crippen molar-refractivity contribution in [3.63, 3.8) is 0 Å². The van der Waals surface area contributed by atoms with Gasteiger partial charge in [0.05, 0.1) is 10.8 Å². The molecule has 0 aliphatic carbocycles. The first-order valence-electron chi connectivity index (χ1n) is 7.63. The van der Waals surface area contributed by atoms with Crippen molar-refractivity contribution in [3.8, 4) is 11.5 Å². The van der Waals surface area contributed by atoms with Crippen LogP contribution in [0.2, 0.25) is 0 Å². The largest absolute Gasteiger partial charge is 0.490 e. The van der Waals surface area contributed by atoms with Crippen LogP contribution in [0, 0.1) is 30.2 Å². The van der Waals surface area contributed by atoms with Crippen molar-refractivity contribution in [2.24, 2.45) is 0 Å². The highest BCUT2D eigenvalue weighted by atomic mass is 32.2. The number of halogens is 7. The minimum Gasteiger partial charge on any atom is -0.490 e. The van der Waals surface area contributed by atoms with Crippen LogP contribution in [-0.2, 0) is 10.8 Å². The SMILES string of the molecule is Cc1cc(F)c(OCCOc2cc(F)c(F)c(F)c2)cc1S(=O)CC(F)(F)F. The van der Waals surface area contributed by atoms with Gasteiger partial charge >= 0.3 is 6.18 Å². The Morgan fingerprint density at radius 3 is 2.04 bits per heavy atom. The van der Waals surface area contributed by atoms with E-state index in [1.54, 1.807) is 0 Å². The molecule has 2 rings (SSSR count). The average molecular weight is 430 g/mol. The zero-order valence-electron chi connectivity index (χ0n) is 14.2. The first kappa shape index (κ1) is 22.0. The second kappa shape index (κ2) is 8.80. The van der Waals surface area contributed by atoms with Crippen LogP contribution >= 0.6 is 0 Å². The molecule has 0 N–H and O–H groups in total. The van der Waals surface area contributed by atoms with Gasteiger partial charge in [-0.1, -0.05) is 0 Å². The summed E-state index contributed by atoms with van der Waals surface area (Å²) in [7, 11) is -2.45. The fourth-order valence-electron chi connectivity index (χ4n) is 2.14. The summed E-state index contributed by atoms with van der Waals surface area (Å²) in [6, 6.07) is 2.97. The summed E-state index contributed by atoms with van der Waals surface area (Å²) >= 11 is 0. The molecule has 0 spiro atoms. The van der Waals surface area contributed by atoms with Gasteiger partial charge in [-0.3, -0.25) is 4.21 Å². The third-order valence-electron chi connectivity index (χ3n) is 3.34. The van der Waals surface area contributed by atoms with Gasteiger partial charge in [0.1, 0.15) is 24.7 Å². The Morgan fingerprint density at radius 2 is 1.46 bits per heavy atom. The molecule has 0 aliphatic rings. The zero-order valence-corrected chi connectivity index (χ0v) is 15.0. The number of hydrogen-bond donors (Lipinski definition) is 0. The van der Waals surface area contributed by atoms with Gasteiger partial charge in [0.2, 0.25) is 0 Å². The second-order valence-corrected chi connectivity index (χ2v) is 6.97. The van der Waals surface area contributed by atoms with Crippen molar-refractivity contribution in [1.29, 1.82) is 0 Å². The zero-order chi connectivity index (χ0) is 21.1. The Bertz CT molecular complexity index is 861. The van der Waals surface area contributed by atoms with E-state index >= 15 is 0 Å². The molecule has 11 heteroatoms. The molecule has 0 radical (unpaired) electrons. The van der Waals surface area contributed by atoms with Crippen molar-refractivity contribution in [1.82, 2.24) is 0 Å². The molecule has 0 aromatic heterocycles. The molecule has 1 unspecified atom stereocenters. The normalized spacial score (nSPS) is 12.7. The van der Waals surface area contributed by atoms with E-state index in [1.807, 2.05) is 0 Å². The van der Waals surface area contributed by atoms with Gasteiger partial charge in [0, 0.05) is 17.0 Å². The molecule has 2 aromatic carbocycles. The molecule has 28 heavy (non-hydrogen) atoms. The number of ether oxygens (including phenoxy) is 2. The van der Waals surface area contributed by atoms with Crippen LogP contribution in [-0.4, -0.2) is 29.4 Å². The summed E-state index contributed by atoms with van der Waals surface area (Å²) in [4.78, 5) is -0.239. The lowest BCUT2D eigenvalue weighted by atomic mass is 10.2. The lowest BCUT2D eigenvalue weighted by Gasteiger charge is -2.13. The molecule has 154 valence electrons. The lowest BCUT2D eigenvalue weighted by molar-refractivity contribution is -0.105. The van der Waals surface area contributed by atoms with Gasteiger partial charge in [-0.2, -0.15) is 13.2 Å². The number of rotatable bonds is 7. The molecule has 0 aliphatic heterocycles. The van der Waals surface area contributed by atoms with Crippen LogP contribution in [0.4, 0.5) is 30.7 Å². The van der Waals surface area contributed by atoms with Crippen LogP contribution < -0.4 is 9.47 Å². The Balaban J connectivity index is 2.02. The molecule has 0 heterocycles. The third-order valence-corrected chi connectivity index (χ3v) is 4.86. The van der Waals surface area contributed by atoms with Gasteiger partial charge in [-0.05, 0) is 24.6 Å². The summed E-state index contributed by atoms with van der Waals surface area (Å²) in [6.07, 6.45) is -4.67. The monoisotopic (exact) mass is 430 g/mol. The number of hydrogen-bond acceptors (Lipinski definition) is 3. The van der Waals surface area contributed by atoms with Crippen LogP contribution in [0.3, 0.4) is 0 Å². The Hall–Kier alpha value is -2.30. The summed E-state index contributed by atoms with van der Waals surface area (Å²) < 4.78 is 112. The van der Waals surface area contributed by atoms with Crippen molar-refractivity contribution in [3.05, 3.63) is 53.1 Å². The minimum atomic E-state index is -4.67. The van der Waals surface area contributed by atoms with Crippen molar-refractivity contribution >= 4 is 10.8 Å². The highest BCUT2D eigenvalue weighted by Crippen LogP contribution is 2.27. The molecule has 2 aromatic rings. The quantitative estimate of drug-likeness (QED) is 0.364. The molecule has 0 saturated carbocycles. The fourth-order valence-corrected chi connectivity index (χ4v) is 3.25. The highest BCUT2D eigenvalue weighted by molar-refractivity contribution is 7.85. The average Bonchev–Trinajstić information content (AvgIpc) is 2.56. The Labute approximate surface area is 157 Å². The second-order valence-electron chi connectivity index (χ2n) is 5.55. The highest BCUT2D eigenvalue weighted by Gasteiger charge is 2.32. The Kier molecular flexibility index (Phi) is 6.91. The molecule has 1 atom stereocenters. The standard InChI is InChI=1S/C17H13F7O3S/c1-9-4-11(18)14(7-15(9)28(25)8-17(22,23)24)27-3-2-26-10-5-12(19)16(21)13(20)6-10/h4-7H,2-3,8H2,1H3.